The molecule has 63 heavy (non-hydrogen) atoms. The lowest BCUT2D eigenvalue weighted by atomic mass is 9.67. The Morgan fingerprint density at radius 3 is 2.22 bits per heavy atom. The van der Waals surface area contributed by atoms with Gasteiger partial charge in [-0.05, 0) is 107 Å². The number of nitrogens with zero attached hydrogens (tertiary/aromatic N) is 1. The zero-order valence-electron chi connectivity index (χ0n) is 39.1. The second-order valence-electron chi connectivity index (χ2n) is 19.3. The van der Waals surface area contributed by atoms with E-state index in [1.54, 1.807) is 21.0 Å². The second-order valence-corrected chi connectivity index (χ2v) is 19.3. The molecule has 4 aliphatic rings. The standard InChI is InChI=1S/C50H75NO12/c1-10-36-23-30(2)22-31(3)24-41(59-7)45-42(60-8)25-33(5)50(58,63-45)46(55)47(56)51-21-15-14-18-37(51)48(57)62-44(34(6)39(53)26-40(36)54)32(4)27-49(28-35-16-12-11-13-17-35)20-19-38(52)43(29-49)61-9/h11-13,16-17,23,27,31,33-34,36-39,41-45,52-53,58H,10,14-15,18-22,24-26,28-29H2,1-9H3/b30-23+,32-27?/t31?,33?,34?,36?,37?,38-,39?,41?,42?,43?,44?,45?,49?,50?/m0/s1. The van der Waals surface area contributed by atoms with Gasteiger partial charge in [0.1, 0.15) is 24.0 Å². The van der Waals surface area contributed by atoms with E-state index in [1.807, 2.05) is 45.0 Å². The van der Waals surface area contributed by atoms with Crippen molar-refractivity contribution in [3.8, 4) is 0 Å². The van der Waals surface area contributed by atoms with Crippen molar-refractivity contribution in [1.82, 2.24) is 4.90 Å². The summed E-state index contributed by atoms with van der Waals surface area (Å²) in [5, 5.41) is 35.0. The van der Waals surface area contributed by atoms with Gasteiger partial charge in [0, 0.05) is 52.0 Å². The predicted molar refractivity (Wildman–Crippen MR) is 237 cm³/mol. The molecular formula is C50H75NO12. The Morgan fingerprint density at radius 1 is 0.905 bits per heavy atom. The average Bonchev–Trinajstić information content (AvgIpc) is 3.27. The highest BCUT2D eigenvalue weighted by molar-refractivity contribution is 6.39. The molecule has 1 aromatic carbocycles. The number of carbonyl (C=O) groups excluding carboxylic acids is 4. The number of hydrogen-bond donors (Lipinski definition) is 3. The molecule has 2 saturated heterocycles. The highest BCUT2D eigenvalue weighted by Gasteiger charge is 2.56. The third-order valence-electron chi connectivity index (χ3n) is 14.5. The van der Waals surface area contributed by atoms with Crippen LogP contribution in [0.1, 0.15) is 118 Å². The number of ether oxygens (including phenoxy) is 5. The SMILES string of the molecule is CCC1/C=C(\C)CC(C)CC(OC)C2OC(O)(C(=O)C(=O)N3CCCCC3C(=O)OC(C(C)=CC3(Cc4ccccc4)CC[C@H](O)C(OC)C3)C(C)C(O)CC1=O)C(C)CC2OC. The summed E-state index contributed by atoms with van der Waals surface area (Å²) in [6, 6.07) is 8.85. The Hall–Kier alpha value is -3.30. The van der Waals surface area contributed by atoms with E-state index in [1.165, 1.54) is 19.1 Å². The minimum Gasteiger partial charge on any atom is -0.456 e. The molecule has 1 aliphatic carbocycles. The summed E-state index contributed by atoms with van der Waals surface area (Å²) < 4.78 is 30.3. The van der Waals surface area contributed by atoms with Gasteiger partial charge in [0.25, 0.3) is 11.7 Å². The highest BCUT2D eigenvalue weighted by atomic mass is 16.7. The van der Waals surface area contributed by atoms with E-state index >= 15 is 0 Å². The Morgan fingerprint density at radius 2 is 1.57 bits per heavy atom. The van der Waals surface area contributed by atoms with Crippen molar-refractivity contribution in [2.24, 2.45) is 29.1 Å². The van der Waals surface area contributed by atoms with Crippen LogP contribution in [0.3, 0.4) is 0 Å². The van der Waals surface area contributed by atoms with E-state index in [2.05, 4.69) is 25.1 Å². The normalized spacial score (nSPS) is 39.4. The topological polar surface area (TPSA) is 178 Å². The fourth-order valence-electron chi connectivity index (χ4n) is 10.8. The monoisotopic (exact) mass is 882 g/mol. The van der Waals surface area contributed by atoms with Crippen molar-refractivity contribution in [3.63, 3.8) is 0 Å². The number of cyclic esters (lactones) is 1. The van der Waals surface area contributed by atoms with Gasteiger partial charge in [-0.15, -0.1) is 0 Å². The quantitative estimate of drug-likeness (QED) is 0.156. The number of allylic oxidation sites excluding steroid dienone is 3. The zero-order chi connectivity index (χ0) is 46.2. The lowest BCUT2D eigenvalue weighted by Crippen LogP contribution is -2.64. The number of piperidine rings is 1. The van der Waals surface area contributed by atoms with Crippen LogP contribution >= 0.6 is 0 Å². The van der Waals surface area contributed by atoms with Gasteiger partial charge >= 0.3 is 5.97 Å². The third-order valence-corrected chi connectivity index (χ3v) is 14.5. The fraction of sp³-hybridized carbons (Fsp3) is 0.720. The summed E-state index contributed by atoms with van der Waals surface area (Å²) in [5.74, 6) is -7.66. The lowest BCUT2D eigenvalue weighted by Gasteiger charge is -2.47. The summed E-state index contributed by atoms with van der Waals surface area (Å²) in [7, 11) is 4.66. The number of benzene rings is 1. The summed E-state index contributed by atoms with van der Waals surface area (Å²) in [6.45, 7) is 11.3. The van der Waals surface area contributed by atoms with Crippen LogP contribution in [0.2, 0.25) is 0 Å². The number of hydrogen-bond acceptors (Lipinski definition) is 12. The van der Waals surface area contributed by atoms with E-state index in [0.717, 1.165) is 11.1 Å². The molecule has 0 radical (unpaired) electrons. The first kappa shape index (κ1) is 50.7. The van der Waals surface area contributed by atoms with Gasteiger partial charge in [0.15, 0.2) is 0 Å². The molecule has 3 N–H and O–H groups in total. The molecule has 13 nitrogen and oxygen atoms in total. The van der Waals surface area contributed by atoms with Gasteiger partial charge in [-0.1, -0.05) is 75.8 Å². The molecule has 13 heteroatoms. The summed E-state index contributed by atoms with van der Waals surface area (Å²) in [4.78, 5) is 58.7. The van der Waals surface area contributed by atoms with Crippen LogP contribution in [-0.2, 0) is 49.3 Å². The molecular weight excluding hydrogens is 807 g/mol. The van der Waals surface area contributed by atoms with E-state index in [-0.39, 0.29) is 37.5 Å². The van der Waals surface area contributed by atoms with E-state index < -0.39 is 95.4 Å². The number of methoxy groups -OCH3 is 3. The van der Waals surface area contributed by atoms with Crippen LogP contribution in [0.5, 0.6) is 0 Å². The van der Waals surface area contributed by atoms with Crippen LogP contribution in [0.4, 0.5) is 0 Å². The third kappa shape index (κ3) is 11.9. The Kier molecular flexibility index (Phi) is 17.9. The zero-order valence-corrected chi connectivity index (χ0v) is 39.1. The van der Waals surface area contributed by atoms with Gasteiger partial charge < -0.3 is 43.9 Å². The van der Waals surface area contributed by atoms with Gasteiger partial charge in [-0.2, -0.15) is 0 Å². The van der Waals surface area contributed by atoms with Crippen molar-refractivity contribution in [3.05, 3.63) is 59.2 Å². The van der Waals surface area contributed by atoms with Crippen molar-refractivity contribution in [2.45, 2.75) is 173 Å². The summed E-state index contributed by atoms with van der Waals surface area (Å²) in [6.07, 6.45) is 3.84. The highest BCUT2D eigenvalue weighted by Crippen LogP contribution is 2.44. The molecule has 3 aliphatic heterocycles. The average molecular weight is 882 g/mol. The van der Waals surface area contributed by atoms with Crippen LogP contribution in [0, 0.1) is 29.1 Å². The molecule has 0 aromatic heterocycles. The summed E-state index contributed by atoms with van der Waals surface area (Å²) in [5.41, 5.74) is 2.19. The van der Waals surface area contributed by atoms with Gasteiger partial charge in [-0.3, -0.25) is 14.4 Å². The molecule has 1 saturated carbocycles. The number of esters is 1. The van der Waals surface area contributed by atoms with Crippen LogP contribution in [0.15, 0.2) is 53.6 Å². The van der Waals surface area contributed by atoms with Gasteiger partial charge in [-0.25, -0.2) is 4.79 Å². The number of fused-ring (bicyclic) bond motifs is 3. The number of rotatable bonds is 8. The second kappa shape index (κ2) is 22.3. The minimum atomic E-state index is -2.52. The molecule has 352 valence electrons. The first-order chi connectivity index (χ1) is 29.9. The fourth-order valence-corrected chi connectivity index (χ4v) is 10.8. The maximum atomic E-state index is 14.6. The number of amides is 1. The molecule has 3 fully saturated rings. The first-order valence-corrected chi connectivity index (χ1v) is 23.2. The molecule has 14 atom stereocenters. The van der Waals surface area contributed by atoms with Gasteiger partial charge in [0.05, 0.1) is 30.5 Å². The number of ketones is 2. The van der Waals surface area contributed by atoms with Crippen LogP contribution in [-0.4, -0.2) is 126 Å². The molecule has 1 amide bonds. The smallest absolute Gasteiger partial charge is 0.329 e. The Balaban J connectivity index is 1.59. The number of aliphatic hydroxyl groups excluding tert-OH is 2. The van der Waals surface area contributed by atoms with Crippen LogP contribution < -0.4 is 0 Å². The predicted octanol–water partition coefficient (Wildman–Crippen LogP) is 6.09. The molecule has 5 rings (SSSR count). The van der Waals surface area contributed by atoms with Crippen molar-refractivity contribution in [1.29, 1.82) is 0 Å². The largest absolute Gasteiger partial charge is 0.456 e. The van der Waals surface area contributed by atoms with Gasteiger partial charge in [0.2, 0.25) is 5.79 Å². The minimum absolute atomic E-state index is 0.0222. The van der Waals surface area contributed by atoms with Crippen molar-refractivity contribution < 1.29 is 58.2 Å². The van der Waals surface area contributed by atoms with E-state index in [9.17, 15) is 34.5 Å². The lowest BCUT2D eigenvalue weighted by molar-refractivity contribution is -0.302. The number of carbonyl (C=O) groups is 4. The maximum absolute atomic E-state index is 14.6. The van der Waals surface area contributed by atoms with Crippen LogP contribution in [0.25, 0.3) is 0 Å². The molecule has 13 unspecified atom stereocenters. The summed E-state index contributed by atoms with van der Waals surface area (Å²) >= 11 is 0. The van der Waals surface area contributed by atoms with E-state index in [0.29, 0.717) is 63.4 Å². The number of Topliss-reactive ketones (excluding diaryl/α,β-unsaturated/α-hetero) is 2. The van der Waals surface area contributed by atoms with Crippen molar-refractivity contribution in [2.75, 3.05) is 27.9 Å². The number of aliphatic hydroxyl groups is 3. The van der Waals surface area contributed by atoms with E-state index in [4.69, 9.17) is 23.7 Å². The van der Waals surface area contributed by atoms with Crippen molar-refractivity contribution >= 4 is 23.4 Å². The molecule has 0 spiro atoms. The molecule has 1 aromatic rings. The molecule has 3 heterocycles. The molecule has 2 bridgehead atoms. The first-order valence-electron chi connectivity index (χ1n) is 23.2. The Labute approximate surface area is 374 Å². The maximum Gasteiger partial charge on any atom is 0.329 e. The Bertz CT molecular complexity index is 1780.